The molecule has 7 heteroatoms. The van der Waals surface area contributed by atoms with Gasteiger partial charge in [0, 0.05) is 19.6 Å². The maximum Gasteiger partial charge on any atom is 0.154 e. The first kappa shape index (κ1) is 19.3. The van der Waals surface area contributed by atoms with Crippen molar-refractivity contribution in [3.63, 3.8) is 0 Å². The van der Waals surface area contributed by atoms with Crippen LogP contribution in [0.1, 0.15) is 30.0 Å². The maximum absolute atomic E-state index is 9.63. The van der Waals surface area contributed by atoms with E-state index in [2.05, 4.69) is 52.0 Å². The Morgan fingerprint density at radius 3 is 2.72 bits per heavy atom. The van der Waals surface area contributed by atoms with Crippen LogP contribution in [0.3, 0.4) is 0 Å². The molecule has 1 N–H and O–H groups in total. The van der Waals surface area contributed by atoms with Crippen molar-refractivity contribution in [1.82, 2.24) is 19.6 Å². The third-order valence-electron chi connectivity index (χ3n) is 6.51. The molecular formula is C25H26N6O. The van der Waals surface area contributed by atoms with Crippen LogP contribution in [0.2, 0.25) is 0 Å². The lowest BCUT2D eigenvalue weighted by molar-refractivity contribution is 0.141. The van der Waals surface area contributed by atoms with Crippen LogP contribution < -0.4 is 9.80 Å². The standard InChI is InChI=1S/C25H26N6O/c1-17-5-2-6-18(13-17)21-8-4-12-30(21)25-11-10-23-26-14-22(31(23)28-25)20-7-3-9-24(27-20)29-15-19(32)16-29/h2-3,5-7,9-11,13-14,19,21,32H,4,8,12,15-16H2,1H3. The molecule has 3 aromatic heterocycles. The molecule has 2 aliphatic heterocycles. The van der Waals surface area contributed by atoms with Gasteiger partial charge in [0.25, 0.3) is 0 Å². The monoisotopic (exact) mass is 426 g/mol. The Labute approximate surface area is 187 Å². The molecule has 7 nitrogen and oxygen atoms in total. The highest BCUT2D eigenvalue weighted by Crippen LogP contribution is 2.36. The SMILES string of the molecule is Cc1cccc(C2CCCN2c2ccc3ncc(-c4cccc(N5CC(O)C5)n4)n3n2)c1. The molecule has 0 aliphatic carbocycles. The number of pyridine rings is 1. The van der Waals surface area contributed by atoms with Gasteiger partial charge >= 0.3 is 0 Å². The smallest absolute Gasteiger partial charge is 0.154 e. The van der Waals surface area contributed by atoms with Crippen molar-refractivity contribution in [2.24, 2.45) is 0 Å². The number of aliphatic hydroxyl groups excluding tert-OH is 1. The third kappa shape index (κ3) is 3.29. The zero-order valence-corrected chi connectivity index (χ0v) is 18.1. The van der Waals surface area contributed by atoms with E-state index in [0.717, 1.165) is 48.1 Å². The van der Waals surface area contributed by atoms with E-state index in [-0.39, 0.29) is 6.10 Å². The Balaban J connectivity index is 1.36. The van der Waals surface area contributed by atoms with Crippen molar-refractivity contribution in [3.8, 4) is 11.4 Å². The van der Waals surface area contributed by atoms with Crippen LogP contribution in [-0.4, -0.2) is 50.4 Å². The highest BCUT2D eigenvalue weighted by Gasteiger charge is 2.28. The molecule has 0 radical (unpaired) electrons. The van der Waals surface area contributed by atoms with E-state index in [1.807, 2.05) is 35.0 Å². The number of hydrogen-bond donors (Lipinski definition) is 1. The van der Waals surface area contributed by atoms with E-state index < -0.39 is 0 Å². The zero-order chi connectivity index (χ0) is 21.7. The summed E-state index contributed by atoms with van der Waals surface area (Å²) >= 11 is 0. The number of fused-ring (bicyclic) bond motifs is 1. The van der Waals surface area contributed by atoms with Crippen molar-refractivity contribution in [1.29, 1.82) is 0 Å². The minimum Gasteiger partial charge on any atom is -0.389 e. The van der Waals surface area contributed by atoms with Crippen molar-refractivity contribution in [2.45, 2.75) is 31.9 Å². The van der Waals surface area contributed by atoms with Crippen LogP contribution in [0, 0.1) is 6.92 Å². The molecule has 1 aromatic carbocycles. The van der Waals surface area contributed by atoms with Gasteiger partial charge in [-0.2, -0.15) is 0 Å². The van der Waals surface area contributed by atoms with Crippen molar-refractivity contribution < 1.29 is 5.11 Å². The molecule has 32 heavy (non-hydrogen) atoms. The van der Waals surface area contributed by atoms with Crippen LogP contribution in [0.4, 0.5) is 11.6 Å². The summed E-state index contributed by atoms with van der Waals surface area (Å²) in [4.78, 5) is 13.9. The minimum absolute atomic E-state index is 0.262. The van der Waals surface area contributed by atoms with Gasteiger partial charge in [-0.05, 0) is 49.6 Å². The molecule has 0 saturated carbocycles. The number of aromatic nitrogens is 4. The summed E-state index contributed by atoms with van der Waals surface area (Å²) in [5.74, 6) is 1.83. The van der Waals surface area contributed by atoms with Gasteiger partial charge in [-0.1, -0.05) is 35.9 Å². The van der Waals surface area contributed by atoms with E-state index in [1.54, 1.807) is 0 Å². The summed E-state index contributed by atoms with van der Waals surface area (Å²) in [5, 5.41) is 14.6. The van der Waals surface area contributed by atoms with Crippen LogP contribution in [0.5, 0.6) is 0 Å². The van der Waals surface area contributed by atoms with E-state index >= 15 is 0 Å². The summed E-state index contributed by atoms with van der Waals surface area (Å²) in [6, 6.07) is 19.2. The fraction of sp³-hybridized carbons (Fsp3) is 0.320. The van der Waals surface area contributed by atoms with Crippen LogP contribution in [0.15, 0.2) is 60.8 Å². The van der Waals surface area contributed by atoms with Gasteiger partial charge in [-0.3, -0.25) is 0 Å². The minimum atomic E-state index is -0.262. The molecule has 2 fully saturated rings. The lowest BCUT2D eigenvalue weighted by atomic mass is 10.0. The predicted molar refractivity (Wildman–Crippen MR) is 125 cm³/mol. The number of aliphatic hydroxyl groups is 1. The highest BCUT2D eigenvalue weighted by molar-refractivity contribution is 5.63. The van der Waals surface area contributed by atoms with Crippen LogP contribution >= 0.6 is 0 Å². The molecule has 5 heterocycles. The number of anilines is 2. The second-order valence-electron chi connectivity index (χ2n) is 8.81. The normalized spacial score (nSPS) is 19.0. The number of nitrogens with zero attached hydrogens (tertiary/aromatic N) is 6. The van der Waals surface area contributed by atoms with Gasteiger partial charge < -0.3 is 14.9 Å². The molecule has 0 bridgehead atoms. The highest BCUT2D eigenvalue weighted by atomic mass is 16.3. The second kappa shape index (κ2) is 7.60. The Bertz CT molecular complexity index is 1280. The summed E-state index contributed by atoms with van der Waals surface area (Å²) in [6.45, 7) is 4.39. The van der Waals surface area contributed by atoms with E-state index in [0.29, 0.717) is 19.1 Å². The summed E-state index contributed by atoms with van der Waals surface area (Å²) in [7, 11) is 0. The molecule has 162 valence electrons. The fourth-order valence-electron chi connectivity index (χ4n) is 4.84. The third-order valence-corrected chi connectivity index (χ3v) is 6.51. The average Bonchev–Trinajstić information content (AvgIpc) is 3.44. The van der Waals surface area contributed by atoms with Crippen molar-refractivity contribution in [3.05, 3.63) is 71.9 Å². The van der Waals surface area contributed by atoms with Gasteiger partial charge in [0.05, 0.1) is 24.0 Å². The molecule has 4 aromatic rings. The predicted octanol–water partition coefficient (Wildman–Crippen LogP) is 3.62. The average molecular weight is 427 g/mol. The summed E-state index contributed by atoms with van der Waals surface area (Å²) in [5.41, 5.74) is 5.15. The number of imidazole rings is 1. The molecule has 1 atom stereocenters. The second-order valence-corrected chi connectivity index (χ2v) is 8.81. The van der Waals surface area contributed by atoms with Gasteiger partial charge in [-0.15, -0.1) is 5.10 Å². The number of aryl methyl sites for hydroxylation is 1. The Hall–Kier alpha value is -3.45. The molecule has 2 aliphatic rings. The summed E-state index contributed by atoms with van der Waals surface area (Å²) in [6.07, 6.45) is 3.86. The number of benzene rings is 1. The van der Waals surface area contributed by atoms with Gasteiger partial charge in [0.15, 0.2) is 5.65 Å². The number of β-amino-alcohol motifs (C(OH)–C–C–N with tert-alkyl or cyclic N) is 1. The van der Waals surface area contributed by atoms with Gasteiger partial charge in [-0.25, -0.2) is 14.5 Å². The Kier molecular flexibility index (Phi) is 4.57. The maximum atomic E-state index is 9.63. The molecule has 1 unspecified atom stereocenters. The van der Waals surface area contributed by atoms with Crippen molar-refractivity contribution in [2.75, 3.05) is 29.4 Å². The van der Waals surface area contributed by atoms with Crippen LogP contribution in [-0.2, 0) is 0 Å². The molecule has 0 amide bonds. The Morgan fingerprint density at radius 1 is 1.00 bits per heavy atom. The number of rotatable bonds is 4. The zero-order valence-electron chi connectivity index (χ0n) is 18.1. The first-order valence-electron chi connectivity index (χ1n) is 11.2. The van der Waals surface area contributed by atoms with Gasteiger partial charge in [0.2, 0.25) is 0 Å². The first-order chi connectivity index (χ1) is 15.7. The molecule has 6 rings (SSSR count). The quantitative estimate of drug-likeness (QED) is 0.538. The largest absolute Gasteiger partial charge is 0.389 e. The fourth-order valence-corrected chi connectivity index (χ4v) is 4.84. The lowest BCUT2D eigenvalue weighted by Gasteiger charge is -2.36. The molecule has 2 saturated heterocycles. The topological polar surface area (TPSA) is 69.8 Å². The Morgan fingerprint density at radius 2 is 1.88 bits per heavy atom. The summed E-state index contributed by atoms with van der Waals surface area (Å²) < 4.78 is 1.90. The van der Waals surface area contributed by atoms with Gasteiger partial charge in [0.1, 0.15) is 17.3 Å². The van der Waals surface area contributed by atoms with Crippen molar-refractivity contribution >= 4 is 17.3 Å². The van der Waals surface area contributed by atoms with E-state index in [9.17, 15) is 5.11 Å². The molecule has 0 spiro atoms. The first-order valence-corrected chi connectivity index (χ1v) is 11.2. The number of hydrogen-bond acceptors (Lipinski definition) is 6. The van der Waals surface area contributed by atoms with Crippen LogP contribution in [0.25, 0.3) is 17.0 Å². The molecular weight excluding hydrogens is 400 g/mol. The lowest BCUT2D eigenvalue weighted by Crippen LogP contribution is -2.51. The van der Waals surface area contributed by atoms with E-state index in [1.165, 1.54) is 11.1 Å². The van der Waals surface area contributed by atoms with E-state index in [4.69, 9.17) is 10.1 Å².